The van der Waals surface area contributed by atoms with Crippen LogP contribution in [-0.2, 0) is 4.79 Å². The highest BCUT2D eigenvalue weighted by Crippen LogP contribution is 2.30. The summed E-state index contributed by atoms with van der Waals surface area (Å²) in [6.45, 7) is -0.399. The molecule has 1 amide bonds. The molecule has 8 nitrogen and oxygen atoms in total. The summed E-state index contributed by atoms with van der Waals surface area (Å²) in [5.74, 6) is 4.56. The normalized spacial score (nSPS) is 9.53. The van der Waals surface area contributed by atoms with E-state index in [0.29, 0.717) is 5.75 Å². The van der Waals surface area contributed by atoms with Crippen molar-refractivity contribution >= 4 is 11.6 Å². The molecule has 0 heterocycles. The summed E-state index contributed by atoms with van der Waals surface area (Å²) >= 11 is 0. The van der Waals surface area contributed by atoms with Crippen molar-refractivity contribution in [2.24, 2.45) is 5.84 Å². The van der Waals surface area contributed by atoms with Crippen molar-refractivity contribution in [2.45, 2.75) is 0 Å². The number of carbonyl (C=O) groups excluding carboxylic acids is 1. The number of nitro benzene ring substituents is 1. The maximum Gasteiger partial charge on any atom is 0.314 e. The number of ether oxygens (including phenoxy) is 2. The van der Waals surface area contributed by atoms with Gasteiger partial charge in [0.05, 0.1) is 18.1 Å². The minimum atomic E-state index is -0.627. The van der Waals surface area contributed by atoms with Crippen molar-refractivity contribution in [3.8, 4) is 11.5 Å². The number of nitrogens with one attached hydrogen (secondary N) is 1. The molecular formula is C9H11N3O5. The number of hydrogen-bond donors (Lipinski definition) is 2. The Kier molecular flexibility index (Phi) is 4.23. The Morgan fingerprint density at radius 3 is 2.82 bits per heavy atom. The number of carbonyl (C=O) groups is 1. The molecule has 17 heavy (non-hydrogen) atoms. The monoisotopic (exact) mass is 241 g/mol. The zero-order chi connectivity index (χ0) is 12.8. The molecule has 3 N–H and O–H groups in total. The molecule has 0 unspecified atom stereocenters. The zero-order valence-electron chi connectivity index (χ0n) is 9.00. The van der Waals surface area contributed by atoms with E-state index in [0.717, 1.165) is 0 Å². The van der Waals surface area contributed by atoms with Gasteiger partial charge in [0.2, 0.25) is 0 Å². The van der Waals surface area contributed by atoms with E-state index in [-0.39, 0.29) is 11.4 Å². The number of nitro groups is 1. The molecule has 1 rings (SSSR count). The first-order valence-corrected chi connectivity index (χ1v) is 4.53. The molecule has 0 aromatic heterocycles. The fourth-order valence-electron chi connectivity index (χ4n) is 1.07. The SMILES string of the molecule is COc1ccc(OCC(=O)NN)c([N+](=O)[O-])c1. The molecule has 0 saturated carbocycles. The Balaban J connectivity index is 2.90. The molecule has 8 heteroatoms. The quantitative estimate of drug-likeness (QED) is 0.323. The Morgan fingerprint density at radius 1 is 1.59 bits per heavy atom. The Hall–Kier alpha value is -2.35. The van der Waals surface area contributed by atoms with Gasteiger partial charge in [-0.1, -0.05) is 0 Å². The van der Waals surface area contributed by atoms with E-state index in [1.807, 2.05) is 5.43 Å². The molecule has 0 radical (unpaired) electrons. The largest absolute Gasteiger partial charge is 0.496 e. The standard InChI is InChI=1S/C9H11N3O5/c1-16-6-2-3-8(7(4-6)12(14)15)17-5-9(13)11-10/h2-4H,5,10H2,1H3,(H,11,13). The van der Waals surface area contributed by atoms with Gasteiger partial charge in [0.15, 0.2) is 12.4 Å². The fraction of sp³-hybridized carbons (Fsp3) is 0.222. The second-order valence-electron chi connectivity index (χ2n) is 2.95. The minimum absolute atomic E-state index is 0.0283. The van der Waals surface area contributed by atoms with Crippen LogP contribution in [0.25, 0.3) is 0 Å². The summed E-state index contributed by atoms with van der Waals surface area (Å²) in [6, 6.07) is 4.04. The molecule has 0 saturated heterocycles. The van der Waals surface area contributed by atoms with E-state index >= 15 is 0 Å². The molecule has 0 fully saturated rings. The van der Waals surface area contributed by atoms with E-state index in [9.17, 15) is 14.9 Å². The molecule has 92 valence electrons. The third kappa shape index (κ3) is 3.31. The lowest BCUT2D eigenvalue weighted by Gasteiger charge is -2.06. The number of amides is 1. The van der Waals surface area contributed by atoms with Crippen LogP contribution in [0, 0.1) is 10.1 Å². The molecule has 0 aliphatic heterocycles. The lowest BCUT2D eigenvalue weighted by Crippen LogP contribution is -2.34. The molecule has 1 aromatic rings. The van der Waals surface area contributed by atoms with Crippen LogP contribution < -0.4 is 20.7 Å². The minimum Gasteiger partial charge on any atom is -0.496 e. The number of rotatable bonds is 5. The van der Waals surface area contributed by atoms with E-state index in [2.05, 4.69) is 0 Å². The predicted octanol–water partition coefficient (Wildman–Crippen LogP) is -0.0279. The first kappa shape index (κ1) is 12.7. The van der Waals surface area contributed by atoms with Crippen molar-refractivity contribution in [1.29, 1.82) is 0 Å². The van der Waals surface area contributed by atoms with Crippen LogP contribution in [0.1, 0.15) is 0 Å². The number of methoxy groups -OCH3 is 1. The van der Waals surface area contributed by atoms with Crippen LogP contribution >= 0.6 is 0 Å². The first-order valence-electron chi connectivity index (χ1n) is 4.53. The summed E-state index contributed by atoms with van der Waals surface area (Å²) in [4.78, 5) is 21.0. The summed E-state index contributed by atoms with van der Waals surface area (Å²) in [5.41, 5.74) is 1.56. The van der Waals surface area contributed by atoms with Crippen LogP contribution in [0.5, 0.6) is 11.5 Å². The third-order valence-corrected chi connectivity index (χ3v) is 1.88. The van der Waals surface area contributed by atoms with Crippen LogP contribution in [0.15, 0.2) is 18.2 Å². The highest BCUT2D eigenvalue weighted by atomic mass is 16.6. The van der Waals surface area contributed by atoms with Gasteiger partial charge in [-0.3, -0.25) is 20.3 Å². The molecule has 0 atom stereocenters. The highest BCUT2D eigenvalue weighted by Gasteiger charge is 2.17. The van der Waals surface area contributed by atoms with Gasteiger partial charge in [-0.2, -0.15) is 0 Å². The van der Waals surface area contributed by atoms with E-state index < -0.39 is 17.4 Å². The lowest BCUT2D eigenvalue weighted by molar-refractivity contribution is -0.385. The molecule has 0 spiro atoms. The topological polar surface area (TPSA) is 117 Å². The molecule has 0 aliphatic carbocycles. The van der Waals surface area contributed by atoms with Crippen molar-refractivity contribution in [1.82, 2.24) is 5.43 Å². The Bertz CT molecular complexity index is 435. The second-order valence-corrected chi connectivity index (χ2v) is 2.95. The highest BCUT2D eigenvalue weighted by molar-refractivity contribution is 5.76. The van der Waals surface area contributed by atoms with Crippen molar-refractivity contribution in [2.75, 3.05) is 13.7 Å². The summed E-state index contributed by atoms with van der Waals surface area (Å²) < 4.78 is 9.81. The van der Waals surface area contributed by atoms with Gasteiger partial charge < -0.3 is 9.47 Å². The van der Waals surface area contributed by atoms with Crippen LogP contribution in [0.3, 0.4) is 0 Å². The van der Waals surface area contributed by atoms with Crippen molar-refractivity contribution < 1.29 is 19.2 Å². The van der Waals surface area contributed by atoms with Gasteiger partial charge in [0.25, 0.3) is 5.91 Å². The van der Waals surface area contributed by atoms with E-state index in [4.69, 9.17) is 15.3 Å². The molecular weight excluding hydrogens is 230 g/mol. The lowest BCUT2D eigenvalue weighted by atomic mass is 10.3. The van der Waals surface area contributed by atoms with Gasteiger partial charge in [-0.15, -0.1) is 0 Å². The smallest absolute Gasteiger partial charge is 0.314 e. The Morgan fingerprint density at radius 2 is 2.29 bits per heavy atom. The maximum atomic E-state index is 10.8. The number of benzene rings is 1. The van der Waals surface area contributed by atoms with Crippen LogP contribution in [0.2, 0.25) is 0 Å². The van der Waals surface area contributed by atoms with Gasteiger partial charge in [-0.05, 0) is 12.1 Å². The number of hydrazine groups is 1. The van der Waals surface area contributed by atoms with Gasteiger partial charge >= 0.3 is 5.69 Å². The summed E-state index contributed by atoms with van der Waals surface area (Å²) in [5, 5.41) is 10.7. The zero-order valence-corrected chi connectivity index (χ0v) is 9.00. The van der Waals surface area contributed by atoms with Gasteiger partial charge in [-0.25, -0.2) is 5.84 Å². The average Bonchev–Trinajstić information content (AvgIpc) is 2.35. The van der Waals surface area contributed by atoms with E-state index in [1.54, 1.807) is 0 Å². The maximum absolute atomic E-state index is 10.8. The average molecular weight is 241 g/mol. The number of hydrogen-bond acceptors (Lipinski definition) is 6. The molecule has 0 bridgehead atoms. The van der Waals surface area contributed by atoms with Gasteiger partial charge in [0.1, 0.15) is 5.75 Å². The molecule has 1 aromatic carbocycles. The molecule has 0 aliphatic rings. The summed E-state index contributed by atoms with van der Waals surface area (Å²) in [7, 11) is 1.39. The van der Waals surface area contributed by atoms with Gasteiger partial charge in [0, 0.05) is 0 Å². The van der Waals surface area contributed by atoms with Crippen LogP contribution in [-0.4, -0.2) is 24.5 Å². The number of nitrogens with zero attached hydrogens (tertiary/aromatic N) is 1. The third-order valence-electron chi connectivity index (χ3n) is 1.88. The summed E-state index contributed by atoms with van der Waals surface area (Å²) in [6.07, 6.45) is 0. The van der Waals surface area contributed by atoms with E-state index in [1.165, 1.54) is 25.3 Å². The fourth-order valence-corrected chi connectivity index (χ4v) is 1.07. The van der Waals surface area contributed by atoms with Crippen molar-refractivity contribution in [3.63, 3.8) is 0 Å². The predicted molar refractivity (Wildman–Crippen MR) is 57.5 cm³/mol. The second kappa shape index (κ2) is 5.66. The number of nitrogens with two attached hydrogens (primary N) is 1. The Labute approximate surface area is 96.4 Å². The van der Waals surface area contributed by atoms with Crippen LogP contribution in [0.4, 0.5) is 5.69 Å². The van der Waals surface area contributed by atoms with Crippen molar-refractivity contribution in [3.05, 3.63) is 28.3 Å². The first-order chi connectivity index (χ1) is 8.08.